The first kappa shape index (κ1) is 11.9. The van der Waals surface area contributed by atoms with E-state index in [2.05, 4.69) is 17.0 Å². The summed E-state index contributed by atoms with van der Waals surface area (Å²) in [7, 11) is 0. The number of hydrogen-bond acceptors (Lipinski definition) is 3. The Hall–Kier alpha value is -2.17. The Morgan fingerprint density at radius 1 is 1.37 bits per heavy atom. The molecule has 98 valence electrons. The molecule has 1 heterocycles. The molecule has 0 radical (unpaired) electrons. The molecule has 5 nitrogen and oxygen atoms in total. The van der Waals surface area contributed by atoms with Crippen LogP contribution in [-0.2, 0) is 6.54 Å². The number of rotatable bonds is 4. The highest BCUT2D eigenvalue weighted by Gasteiger charge is 2.38. The van der Waals surface area contributed by atoms with Crippen LogP contribution in [0.1, 0.15) is 30.1 Å². The summed E-state index contributed by atoms with van der Waals surface area (Å²) >= 11 is 0. The van der Waals surface area contributed by atoms with Crippen molar-refractivity contribution in [1.29, 1.82) is 0 Å². The maximum atomic E-state index is 10.8. The molecule has 1 fully saturated rings. The smallest absolute Gasteiger partial charge is 0.335 e. The van der Waals surface area contributed by atoms with Gasteiger partial charge >= 0.3 is 5.97 Å². The molecule has 0 spiro atoms. The number of carboxylic acid groups (broad SMARTS) is 1. The average molecular weight is 257 g/mol. The predicted octanol–water partition coefficient (Wildman–Crippen LogP) is 2.44. The van der Waals surface area contributed by atoms with Crippen LogP contribution >= 0.6 is 0 Å². The minimum atomic E-state index is -0.918. The summed E-state index contributed by atoms with van der Waals surface area (Å²) in [5.74, 6) is -0.122. The molecule has 3 rings (SSSR count). The van der Waals surface area contributed by atoms with Crippen LogP contribution in [0.15, 0.2) is 30.6 Å². The van der Waals surface area contributed by atoms with Gasteiger partial charge in [-0.2, -0.15) is 5.10 Å². The summed E-state index contributed by atoms with van der Waals surface area (Å²) < 4.78 is 1.91. The predicted molar refractivity (Wildman–Crippen MR) is 69.8 cm³/mol. The van der Waals surface area contributed by atoms with Gasteiger partial charge in [0.1, 0.15) is 6.33 Å². The van der Waals surface area contributed by atoms with Gasteiger partial charge in [0, 0.05) is 12.1 Å². The lowest BCUT2D eigenvalue weighted by Gasteiger charge is -2.10. The van der Waals surface area contributed by atoms with Gasteiger partial charge in [0.25, 0.3) is 0 Å². The van der Waals surface area contributed by atoms with Crippen molar-refractivity contribution in [3.8, 4) is 11.4 Å². The fourth-order valence-electron chi connectivity index (χ4n) is 2.10. The molecule has 0 amide bonds. The van der Waals surface area contributed by atoms with E-state index in [4.69, 9.17) is 5.11 Å². The van der Waals surface area contributed by atoms with E-state index in [0.717, 1.165) is 17.9 Å². The van der Waals surface area contributed by atoms with Crippen LogP contribution in [0.5, 0.6) is 0 Å². The van der Waals surface area contributed by atoms with Crippen molar-refractivity contribution in [3.63, 3.8) is 0 Å². The zero-order valence-electron chi connectivity index (χ0n) is 10.7. The van der Waals surface area contributed by atoms with Crippen LogP contribution in [0.4, 0.5) is 0 Å². The standard InChI is InChI=1S/C14H15N3O2/c1-14(6-7-14)8-17-12(15-9-16-17)10-2-4-11(5-3-10)13(18)19/h2-5,9H,6-8H2,1H3,(H,18,19). The molecule has 1 aliphatic rings. The van der Waals surface area contributed by atoms with Gasteiger partial charge in [0.15, 0.2) is 5.82 Å². The van der Waals surface area contributed by atoms with Crippen molar-refractivity contribution in [2.24, 2.45) is 5.41 Å². The fourth-order valence-corrected chi connectivity index (χ4v) is 2.10. The number of aromatic carboxylic acids is 1. The third-order valence-corrected chi connectivity index (χ3v) is 3.64. The van der Waals surface area contributed by atoms with Crippen molar-refractivity contribution in [3.05, 3.63) is 36.2 Å². The molecule has 2 aromatic rings. The lowest BCUT2D eigenvalue weighted by atomic mass is 10.1. The molecule has 1 aromatic heterocycles. The Bertz CT molecular complexity index is 612. The summed E-state index contributed by atoms with van der Waals surface area (Å²) in [4.78, 5) is 15.1. The number of carbonyl (C=O) groups is 1. The molecule has 0 saturated heterocycles. The molecular weight excluding hydrogens is 242 g/mol. The Kier molecular flexibility index (Phi) is 2.62. The molecule has 0 bridgehead atoms. The highest BCUT2D eigenvalue weighted by atomic mass is 16.4. The second-order valence-electron chi connectivity index (χ2n) is 5.43. The number of benzene rings is 1. The minimum absolute atomic E-state index is 0.281. The Balaban J connectivity index is 1.89. The third-order valence-electron chi connectivity index (χ3n) is 3.64. The largest absolute Gasteiger partial charge is 0.478 e. The zero-order chi connectivity index (χ0) is 13.5. The van der Waals surface area contributed by atoms with E-state index in [-0.39, 0.29) is 5.56 Å². The van der Waals surface area contributed by atoms with Gasteiger partial charge in [-0.3, -0.25) is 0 Å². The molecule has 1 aromatic carbocycles. The Morgan fingerprint density at radius 2 is 2.05 bits per heavy atom. The molecule has 1 N–H and O–H groups in total. The summed E-state index contributed by atoms with van der Waals surface area (Å²) in [6, 6.07) is 6.74. The van der Waals surface area contributed by atoms with Crippen LogP contribution in [-0.4, -0.2) is 25.8 Å². The second kappa shape index (κ2) is 4.19. The van der Waals surface area contributed by atoms with Gasteiger partial charge < -0.3 is 5.11 Å². The third kappa shape index (κ3) is 2.36. The Labute approximate surface area is 110 Å². The van der Waals surface area contributed by atoms with E-state index in [1.807, 2.05) is 4.68 Å². The lowest BCUT2D eigenvalue weighted by Crippen LogP contribution is -2.11. The van der Waals surface area contributed by atoms with Crippen molar-refractivity contribution in [1.82, 2.24) is 14.8 Å². The first-order chi connectivity index (χ1) is 9.07. The molecule has 0 unspecified atom stereocenters. The van der Waals surface area contributed by atoms with Gasteiger partial charge in [0.05, 0.1) is 5.56 Å². The van der Waals surface area contributed by atoms with Crippen molar-refractivity contribution in [2.45, 2.75) is 26.3 Å². The molecule has 0 aliphatic heterocycles. The van der Waals surface area contributed by atoms with E-state index < -0.39 is 5.97 Å². The maximum absolute atomic E-state index is 10.8. The van der Waals surface area contributed by atoms with Gasteiger partial charge in [-0.1, -0.05) is 19.1 Å². The SMILES string of the molecule is CC1(Cn2ncnc2-c2ccc(C(=O)O)cc2)CC1. The van der Waals surface area contributed by atoms with E-state index in [9.17, 15) is 4.79 Å². The minimum Gasteiger partial charge on any atom is -0.478 e. The highest BCUT2D eigenvalue weighted by molar-refractivity contribution is 5.88. The summed E-state index contributed by atoms with van der Waals surface area (Å²) in [5.41, 5.74) is 1.53. The highest BCUT2D eigenvalue weighted by Crippen LogP contribution is 2.46. The van der Waals surface area contributed by atoms with E-state index in [1.165, 1.54) is 12.8 Å². The van der Waals surface area contributed by atoms with Crippen molar-refractivity contribution >= 4 is 5.97 Å². The summed E-state index contributed by atoms with van der Waals surface area (Å²) in [6.45, 7) is 3.11. The van der Waals surface area contributed by atoms with Crippen LogP contribution in [0, 0.1) is 5.41 Å². The van der Waals surface area contributed by atoms with E-state index in [1.54, 1.807) is 30.6 Å². The fraction of sp³-hybridized carbons (Fsp3) is 0.357. The van der Waals surface area contributed by atoms with Crippen LogP contribution in [0.2, 0.25) is 0 Å². The molecule has 0 atom stereocenters. The van der Waals surface area contributed by atoms with Gasteiger partial charge in [-0.05, 0) is 30.4 Å². The number of aromatic nitrogens is 3. The van der Waals surface area contributed by atoms with Crippen LogP contribution in [0.3, 0.4) is 0 Å². The van der Waals surface area contributed by atoms with E-state index in [0.29, 0.717) is 5.41 Å². The van der Waals surface area contributed by atoms with Crippen molar-refractivity contribution < 1.29 is 9.90 Å². The molecular formula is C14H15N3O2. The molecule has 1 saturated carbocycles. The maximum Gasteiger partial charge on any atom is 0.335 e. The zero-order valence-corrected chi connectivity index (χ0v) is 10.7. The molecule has 1 aliphatic carbocycles. The molecule has 5 heteroatoms. The number of carboxylic acids is 1. The molecule has 19 heavy (non-hydrogen) atoms. The summed E-state index contributed by atoms with van der Waals surface area (Å²) in [6.07, 6.45) is 4.00. The van der Waals surface area contributed by atoms with Gasteiger partial charge in [-0.25, -0.2) is 14.5 Å². The first-order valence-corrected chi connectivity index (χ1v) is 6.29. The topological polar surface area (TPSA) is 68.0 Å². The number of hydrogen-bond donors (Lipinski definition) is 1. The van der Waals surface area contributed by atoms with Gasteiger partial charge in [-0.15, -0.1) is 0 Å². The Morgan fingerprint density at radius 3 is 2.63 bits per heavy atom. The quantitative estimate of drug-likeness (QED) is 0.913. The lowest BCUT2D eigenvalue weighted by molar-refractivity contribution is 0.0697. The van der Waals surface area contributed by atoms with Crippen LogP contribution < -0.4 is 0 Å². The summed E-state index contributed by atoms with van der Waals surface area (Å²) in [5, 5.41) is 13.2. The number of nitrogens with zero attached hydrogens (tertiary/aromatic N) is 3. The second-order valence-corrected chi connectivity index (χ2v) is 5.43. The van der Waals surface area contributed by atoms with Crippen LogP contribution in [0.25, 0.3) is 11.4 Å². The van der Waals surface area contributed by atoms with Gasteiger partial charge in [0.2, 0.25) is 0 Å². The normalized spacial score (nSPS) is 16.3. The monoisotopic (exact) mass is 257 g/mol. The van der Waals surface area contributed by atoms with Crippen molar-refractivity contribution in [2.75, 3.05) is 0 Å². The first-order valence-electron chi connectivity index (χ1n) is 6.29. The van der Waals surface area contributed by atoms with E-state index >= 15 is 0 Å². The average Bonchev–Trinajstić information content (AvgIpc) is 2.94.